The number of allylic oxidation sites excluding steroid dienone is 1. The summed E-state index contributed by atoms with van der Waals surface area (Å²) >= 11 is 0. The number of hydrogen-bond donors (Lipinski definition) is 0. The van der Waals surface area contributed by atoms with E-state index in [1.54, 1.807) is 5.57 Å². The molecule has 0 amide bonds. The summed E-state index contributed by atoms with van der Waals surface area (Å²) < 4.78 is 5.50. The van der Waals surface area contributed by atoms with Gasteiger partial charge in [0.2, 0.25) is 0 Å². The maximum Gasteiger partial charge on any atom is 0.0594 e. The van der Waals surface area contributed by atoms with Gasteiger partial charge in [-0.3, -0.25) is 9.80 Å². The third kappa shape index (κ3) is 3.21. The second-order valence-electron chi connectivity index (χ2n) is 6.32. The summed E-state index contributed by atoms with van der Waals surface area (Å²) in [6.07, 6.45) is 5.07. The molecule has 0 aromatic heterocycles. The van der Waals surface area contributed by atoms with Gasteiger partial charge in [-0.15, -0.1) is 0 Å². The van der Waals surface area contributed by atoms with Gasteiger partial charge in [0.25, 0.3) is 0 Å². The van der Waals surface area contributed by atoms with Crippen molar-refractivity contribution >= 4 is 0 Å². The minimum absolute atomic E-state index is 0.139. The van der Waals surface area contributed by atoms with E-state index in [4.69, 9.17) is 4.74 Å². The molecule has 0 aromatic carbocycles. The lowest BCUT2D eigenvalue weighted by atomic mass is 9.86. The molecule has 3 nitrogen and oxygen atoms in total. The van der Waals surface area contributed by atoms with Crippen molar-refractivity contribution < 1.29 is 4.74 Å². The lowest BCUT2D eigenvalue weighted by Crippen LogP contribution is -2.54. The van der Waals surface area contributed by atoms with Crippen molar-refractivity contribution in [2.75, 3.05) is 39.4 Å². The molecule has 3 heteroatoms. The van der Waals surface area contributed by atoms with Crippen LogP contribution in [0.2, 0.25) is 0 Å². The van der Waals surface area contributed by atoms with E-state index in [1.165, 1.54) is 25.9 Å². The molecule has 2 heterocycles. The molecular formula is C16H30N2O. The summed E-state index contributed by atoms with van der Waals surface area (Å²) in [4.78, 5) is 5.22. The Hall–Kier alpha value is -0.380. The molecule has 19 heavy (non-hydrogen) atoms. The monoisotopic (exact) mass is 266 g/mol. The normalized spacial score (nSPS) is 25.8. The first-order valence-electron chi connectivity index (χ1n) is 7.81. The Balaban J connectivity index is 2.10. The van der Waals surface area contributed by atoms with Crippen molar-refractivity contribution in [1.82, 2.24) is 9.80 Å². The van der Waals surface area contributed by atoms with E-state index in [2.05, 4.69) is 43.6 Å². The van der Waals surface area contributed by atoms with E-state index in [0.29, 0.717) is 6.04 Å². The van der Waals surface area contributed by atoms with Crippen LogP contribution in [0.5, 0.6) is 0 Å². The highest BCUT2D eigenvalue weighted by Crippen LogP contribution is 2.31. The molecule has 0 spiro atoms. The first-order valence-corrected chi connectivity index (χ1v) is 7.81. The summed E-state index contributed by atoms with van der Waals surface area (Å²) in [5, 5.41) is 0. The van der Waals surface area contributed by atoms with Crippen LogP contribution in [-0.4, -0.2) is 60.8 Å². The number of hydrogen-bond acceptors (Lipinski definition) is 3. The van der Waals surface area contributed by atoms with Gasteiger partial charge in [0, 0.05) is 24.7 Å². The maximum atomic E-state index is 5.50. The molecule has 2 aliphatic rings. The number of likely N-dealkylation sites (tertiary alicyclic amines) is 1. The SMILES string of the molecule is C/C=C(\C(C)N1CCCC1)C(C)(C)N1CCOCC1. The highest BCUT2D eigenvalue weighted by molar-refractivity contribution is 5.23. The zero-order chi connectivity index (χ0) is 13.9. The Morgan fingerprint density at radius 3 is 2.21 bits per heavy atom. The van der Waals surface area contributed by atoms with Crippen LogP contribution in [0.3, 0.4) is 0 Å². The average molecular weight is 266 g/mol. The Morgan fingerprint density at radius 1 is 1.11 bits per heavy atom. The molecular weight excluding hydrogens is 236 g/mol. The van der Waals surface area contributed by atoms with E-state index in [9.17, 15) is 0 Å². The first kappa shape index (κ1) is 15.0. The van der Waals surface area contributed by atoms with Crippen molar-refractivity contribution in [3.05, 3.63) is 11.6 Å². The lowest BCUT2D eigenvalue weighted by molar-refractivity contribution is -0.00224. The van der Waals surface area contributed by atoms with Crippen molar-refractivity contribution in [2.45, 2.75) is 52.1 Å². The zero-order valence-electron chi connectivity index (χ0n) is 13.1. The van der Waals surface area contributed by atoms with Gasteiger partial charge in [-0.05, 0) is 59.2 Å². The summed E-state index contributed by atoms with van der Waals surface area (Å²) in [5.41, 5.74) is 1.71. The number of morpholine rings is 1. The van der Waals surface area contributed by atoms with Crippen LogP contribution in [0.25, 0.3) is 0 Å². The largest absolute Gasteiger partial charge is 0.379 e. The minimum Gasteiger partial charge on any atom is -0.379 e. The van der Waals surface area contributed by atoms with Crippen LogP contribution in [0.4, 0.5) is 0 Å². The van der Waals surface area contributed by atoms with E-state index in [-0.39, 0.29) is 5.54 Å². The number of rotatable bonds is 4. The third-order valence-electron chi connectivity index (χ3n) is 4.96. The van der Waals surface area contributed by atoms with Gasteiger partial charge in [0.05, 0.1) is 13.2 Å². The molecule has 0 aliphatic carbocycles. The van der Waals surface area contributed by atoms with Crippen molar-refractivity contribution in [3.8, 4) is 0 Å². The quantitative estimate of drug-likeness (QED) is 0.727. The standard InChI is InChI=1S/C16H30N2O/c1-5-15(14(2)17-8-6-7-9-17)16(3,4)18-10-12-19-13-11-18/h5,14H,6-13H2,1-4H3/b15-5+. The average Bonchev–Trinajstić information content (AvgIpc) is 2.94. The predicted molar refractivity (Wildman–Crippen MR) is 80.5 cm³/mol. The van der Waals surface area contributed by atoms with Crippen LogP contribution in [0.15, 0.2) is 11.6 Å². The third-order valence-corrected chi connectivity index (χ3v) is 4.96. The van der Waals surface area contributed by atoms with Crippen LogP contribution in [-0.2, 0) is 4.74 Å². The van der Waals surface area contributed by atoms with Gasteiger partial charge in [-0.2, -0.15) is 0 Å². The Labute approximate surface area is 118 Å². The van der Waals surface area contributed by atoms with Crippen molar-refractivity contribution in [3.63, 3.8) is 0 Å². The van der Waals surface area contributed by atoms with E-state index >= 15 is 0 Å². The van der Waals surface area contributed by atoms with Crippen LogP contribution >= 0.6 is 0 Å². The Bertz CT molecular complexity index is 313. The second kappa shape index (κ2) is 6.38. The second-order valence-corrected chi connectivity index (χ2v) is 6.32. The fourth-order valence-corrected chi connectivity index (χ4v) is 3.74. The molecule has 0 N–H and O–H groups in total. The summed E-state index contributed by atoms with van der Waals surface area (Å²) in [7, 11) is 0. The molecule has 0 saturated carbocycles. The molecule has 110 valence electrons. The molecule has 0 aromatic rings. The number of nitrogens with zero attached hydrogens (tertiary/aromatic N) is 2. The topological polar surface area (TPSA) is 15.7 Å². The molecule has 0 radical (unpaired) electrons. The molecule has 2 rings (SSSR count). The molecule has 2 fully saturated rings. The molecule has 1 unspecified atom stereocenters. The van der Waals surface area contributed by atoms with Gasteiger partial charge >= 0.3 is 0 Å². The van der Waals surface area contributed by atoms with Gasteiger partial charge in [-0.25, -0.2) is 0 Å². The fraction of sp³-hybridized carbons (Fsp3) is 0.875. The predicted octanol–water partition coefficient (Wildman–Crippen LogP) is 2.53. The highest BCUT2D eigenvalue weighted by Gasteiger charge is 2.36. The van der Waals surface area contributed by atoms with Gasteiger partial charge in [0.1, 0.15) is 0 Å². The van der Waals surface area contributed by atoms with Crippen molar-refractivity contribution in [2.24, 2.45) is 0 Å². The molecule has 2 saturated heterocycles. The minimum atomic E-state index is 0.139. The summed E-state index contributed by atoms with van der Waals surface area (Å²) in [6.45, 7) is 15.7. The van der Waals surface area contributed by atoms with Gasteiger partial charge < -0.3 is 4.74 Å². The van der Waals surface area contributed by atoms with Crippen molar-refractivity contribution in [1.29, 1.82) is 0 Å². The number of ether oxygens (including phenoxy) is 1. The maximum absolute atomic E-state index is 5.50. The zero-order valence-corrected chi connectivity index (χ0v) is 13.1. The van der Waals surface area contributed by atoms with Crippen LogP contribution < -0.4 is 0 Å². The van der Waals surface area contributed by atoms with Gasteiger partial charge in [-0.1, -0.05) is 6.08 Å². The molecule has 2 aliphatic heterocycles. The molecule has 0 bridgehead atoms. The lowest BCUT2D eigenvalue weighted by Gasteiger charge is -2.45. The van der Waals surface area contributed by atoms with E-state index in [0.717, 1.165) is 26.3 Å². The molecule has 1 atom stereocenters. The van der Waals surface area contributed by atoms with Crippen LogP contribution in [0, 0.1) is 0 Å². The fourth-order valence-electron chi connectivity index (χ4n) is 3.74. The summed E-state index contributed by atoms with van der Waals surface area (Å²) in [6, 6.07) is 0.561. The first-order chi connectivity index (χ1) is 9.07. The summed E-state index contributed by atoms with van der Waals surface area (Å²) in [5.74, 6) is 0. The van der Waals surface area contributed by atoms with E-state index in [1.807, 2.05) is 0 Å². The smallest absolute Gasteiger partial charge is 0.0594 e. The van der Waals surface area contributed by atoms with Crippen LogP contribution in [0.1, 0.15) is 40.5 Å². The van der Waals surface area contributed by atoms with E-state index < -0.39 is 0 Å². The van der Waals surface area contributed by atoms with Gasteiger partial charge in [0.15, 0.2) is 0 Å². The Morgan fingerprint density at radius 2 is 1.68 bits per heavy atom. The highest BCUT2D eigenvalue weighted by atomic mass is 16.5. The Kier molecular flexibility index (Phi) is 5.04.